The molecule has 23 heavy (non-hydrogen) atoms. The van der Waals surface area contributed by atoms with Crippen LogP contribution in [0.2, 0.25) is 0 Å². The number of hydrogen-bond donors (Lipinski definition) is 2. The second kappa shape index (κ2) is 9.15. The van der Waals surface area contributed by atoms with Crippen molar-refractivity contribution in [2.75, 3.05) is 13.2 Å². The fourth-order valence-corrected chi connectivity index (χ4v) is 2.81. The van der Waals surface area contributed by atoms with Gasteiger partial charge in [-0.05, 0) is 26.8 Å². The molecule has 0 spiro atoms. The Labute approximate surface area is 141 Å². The van der Waals surface area contributed by atoms with Gasteiger partial charge < -0.3 is 15.4 Å². The van der Waals surface area contributed by atoms with Crippen molar-refractivity contribution in [3.05, 3.63) is 45.9 Å². The van der Waals surface area contributed by atoms with Crippen LogP contribution in [0.3, 0.4) is 0 Å². The average molecular weight is 332 g/mol. The van der Waals surface area contributed by atoms with E-state index in [1.807, 2.05) is 43.6 Å². The number of hydrogen-bond acceptors (Lipinski definition) is 4. The lowest BCUT2D eigenvalue weighted by Gasteiger charge is -2.12. The Morgan fingerprint density at radius 2 is 2.09 bits per heavy atom. The topological polar surface area (TPSA) is 58.5 Å². The van der Waals surface area contributed by atoms with Gasteiger partial charge in [-0.25, -0.2) is 9.98 Å². The van der Waals surface area contributed by atoms with Crippen LogP contribution in [0.1, 0.15) is 30.0 Å². The highest BCUT2D eigenvalue weighted by Gasteiger charge is 2.05. The lowest BCUT2D eigenvalue weighted by Crippen LogP contribution is -2.36. The van der Waals surface area contributed by atoms with E-state index in [0.717, 1.165) is 36.1 Å². The molecule has 0 bridgehead atoms. The summed E-state index contributed by atoms with van der Waals surface area (Å²) >= 11 is 1.66. The van der Waals surface area contributed by atoms with Gasteiger partial charge in [-0.3, -0.25) is 0 Å². The Kier molecular flexibility index (Phi) is 6.87. The van der Waals surface area contributed by atoms with Gasteiger partial charge in [-0.2, -0.15) is 0 Å². The molecule has 0 saturated carbocycles. The van der Waals surface area contributed by atoms with Gasteiger partial charge in [0.1, 0.15) is 5.75 Å². The molecule has 5 nitrogen and oxygen atoms in total. The third-order valence-corrected chi connectivity index (χ3v) is 4.22. The van der Waals surface area contributed by atoms with Gasteiger partial charge >= 0.3 is 0 Å². The van der Waals surface area contributed by atoms with Crippen LogP contribution in [-0.2, 0) is 13.1 Å². The predicted octanol–water partition coefficient (Wildman–Crippen LogP) is 3.11. The zero-order valence-electron chi connectivity index (χ0n) is 13.9. The standard InChI is InChI=1S/C17H24N4OS/c1-4-18-17(20-11-16-13(3)21-12-23-16)19-10-14-8-6-7-9-15(14)22-5-2/h6-9,12H,4-5,10-11H2,1-3H3,(H2,18,19,20). The minimum atomic E-state index is 0.577. The van der Waals surface area contributed by atoms with E-state index >= 15 is 0 Å². The molecule has 1 aromatic heterocycles. The Bertz CT molecular complexity index is 639. The third-order valence-electron chi connectivity index (χ3n) is 3.29. The molecule has 2 N–H and O–H groups in total. The number of aliphatic imine (C=N–C) groups is 1. The SMILES string of the molecule is CCNC(=NCc1ccccc1OCC)NCc1scnc1C. The lowest BCUT2D eigenvalue weighted by atomic mass is 10.2. The number of aryl methyl sites for hydroxylation is 1. The molecule has 0 atom stereocenters. The largest absolute Gasteiger partial charge is 0.494 e. The second-order valence-corrected chi connectivity index (χ2v) is 5.89. The van der Waals surface area contributed by atoms with Crippen molar-refractivity contribution in [3.63, 3.8) is 0 Å². The third kappa shape index (κ3) is 5.25. The van der Waals surface area contributed by atoms with Crippen molar-refractivity contribution in [1.29, 1.82) is 0 Å². The number of benzene rings is 1. The number of guanidine groups is 1. The van der Waals surface area contributed by atoms with E-state index < -0.39 is 0 Å². The van der Waals surface area contributed by atoms with E-state index in [4.69, 9.17) is 4.74 Å². The zero-order valence-corrected chi connectivity index (χ0v) is 14.7. The average Bonchev–Trinajstić information content (AvgIpc) is 2.97. The minimum absolute atomic E-state index is 0.577. The fourth-order valence-electron chi connectivity index (χ4n) is 2.10. The molecular weight excluding hydrogens is 308 g/mol. The molecule has 2 rings (SSSR count). The number of para-hydroxylation sites is 1. The highest BCUT2D eigenvalue weighted by Crippen LogP contribution is 2.18. The first kappa shape index (κ1) is 17.3. The van der Waals surface area contributed by atoms with Crippen LogP contribution in [0.15, 0.2) is 34.8 Å². The van der Waals surface area contributed by atoms with Gasteiger partial charge in [-0.1, -0.05) is 18.2 Å². The maximum Gasteiger partial charge on any atom is 0.191 e. The molecule has 0 saturated heterocycles. The number of aromatic nitrogens is 1. The normalized spacial score (nSPS) is 11.3. The monoisotopic (exact) mass is 332 g/mol. The predicted molar refractivity (Wildman–Crippen MR) is 96.1 cm³/mol. The summed E-state index contributed by atoms with van der Waals surface area (Å²) in [4.78, 5) is 10.1. The molecule has 0 aliphatic carbocycles. The molecule has 0 unspecified atom stereocenters. The highest BCUT2D eigenvalue weighted by atomic mass is 32.1. The van der Waals surface area contributed by atoms with Crippen molar-refractivity contribution < 1.29 is 4.74 Å². The number of ether oxygens (including phenoxy) is 1. The van der Waals surface area contributed by atoms with Crippen LogP contribution in [0.25, 0.3) is 0 Å². The molecule has 0 radical (unpaired) electrons. The first-order valence-electron chi connectivity index (χ1n) is 7.86. The highest BCUT2D eigenvalue weighted by molar-refractivity contribution is 7.09. The Morgan fingerprint density at radius 1 is 1.26 bits per heavy atom. The van der Waals surface area contributed by atoms with Gasteiger partial charge in [0.05, 0.1) is 30.9 Å². The molecule has 1 heterocycles. The van der Waals surface area contributed by atoms with E-state index in [0.29, 0.717) is 13.2 Å². The van der Waals surface area contributed by atoms with E-state index in [1.165, 1.54) is 4.88 Å². The maximum absolute atomic E-state index is 5.65. The number of rotatable bonds is 7. The summed E-state index contributed by atoms with van der Waals surface area (Å²) in [5.41, 5.74) is 4.02. The van der Waals surface area contributed by atoms with Crippen LogP contribution in [0.4, 0.5) is 0 Å². The van der Waals surface area contributed by atoms with Gasteiger partial charge in [-0.15, -0.1) is 11.3 Å². The van der Waals surface area contributed by atoms with Crippen LogP contribution >= 0.6 is 11.3 Å². The summed E-state index contributed by atoms with van der Waals surface area (Å²) in [5.74, 6) is 1.69. The van der Waals surface area contributed by atoms with Crippen molar-refractivity contribution in [2.24, 2.45) is 4.99 Å². The molecule has 124 valence electrons. The van der Waals surface area contributed by atoms with Crippen LogP contribution in [0, 0.1) is 6.92 Å². The summed E-state index contributed by atoms with van der Waals surface area (Å²) in [6.45, 7) is 8.86. The minimum Gasteiger partial charge on any atom is -0.494 e. The summed E-state index contributed by atoms with van der Waals surface area (Å²) in [5, 5.41) is 6.62. The first-order valence-corrected chi connectivity index (χ1v) is 8.74. The number of thiazole rings is 1. The summed E-state index contributed by atoms with van der Waals surface area (Å²) < 4.78 is 5.65. The second-order valence-electron chi connectivity index (χ2n) is 4.95. The Morgan fingerprint density at radius 3 is 2.78 bits per heavy atom. The molecule has 0 aliphatic heterocycles. The summed E-state index contributed by atoms with van der Waals surface area (Å²) in [6, 6.07) is 8.02. The number of nitrogens with zero attached hydrogens (tertiary/aromatic N) is 2. The van der Waals surface area contributed by atoms with E-state index in [-0.39, 0.29) is 0 Å². The molecule has 0 fully saturated rings. The van der Waals surface area contributed by atoms with E-state index in [1.54, 1.807) is 11.3 Å². The van der Waals surface area contributed by atoms with Crippen molar-refractivity contribution in [2.45, 2.75) is 33.9 Å². The van der Waals surface area contributed by atoms with Gasteiger partial charge in [0, 0.05) is 17.0 Å². The van der Waals surface area contributed by atoms with Crippen molar-refractivity contribution >= 4 is 17.3 Å². The molecule has 2 aromatic rings. The maximum atomic E-state index is 5.65. The number of nitrogens with one attached hydrogen (secondary N) is 2. The Hall–Kier alpha value is -2.08. The van der Waals surface area contributed by atoms with E-state index in [2.05, 4.69) is 27.5 Å². The summed E-state index contributed by atoms with van der Waals surface area (Å²) in [6.07, 6.45) is 0. The van der Waals surface area contributed by atoms with Gasteiger partial charge in [0.25, 0.3) is 0 Å². The first-order chi connectivity index (χ1) is 11.2. The molecule has 0 aliphatic rings. The van der Waals surface area contributed by atoms with E-state index in [9.17, 15) is 0 Å². The van der Waals surface area contributed by atoms with Gasteiger partial charge in [0.2, 0.25) is 0 Å². The zero-order chi connectivity index (χ0) is 16.5. The molecule has 1 aromatic carbocycles. The van der Waals surface area contributed by atoms with Crippen LogP contribution in [-0.4, -0.2) is 24.1 Å². The fraction of sp³-hybridized carbons (Fsp3) is 0.412. The smallest absolute Gasteiger partial charge is 0.191 e. The quantitative estimate of drug-likeness (QED) is 0.604. The Balaban J connectivity index is 2.02. The van der Waals surface area contributed by atoms with Crippen LogP contribution < -0.4 is 15.4 Å². The molecular formula is C17H24N4OS. The van der Waals surface area contributed by atoms with Gasteiger partial charge in [0.15, 0.2) is 5.96 Å². The lowest BCUT2D eigenvalue weighted by molar-refractivity contribution is 0.336. The van der Waals surface area contributed by atoms with Crippen molar-refractivity contribution in [1.82, 2.24) is 15.6 Å². The molecule has 6 heteroatoms. The van der Waals surface area contributed by atoms with Crippen LogP contribution in [0.5, 0.6) is 5.75 Å². The summed E-state index contributed by atoms with van der Waals surface area (Å²) in [7, 11) is 0. The molecule has 0 amide bonds. The van der Waals surface area contributed by atoms with Crippen molar-refractivity contribution in [3.8, 4) is 5.75 Å².